The van der Waals surface area contributed by atoms with Crippen molar-refractivity contribution in [2.45, 2.75) is 54.9 Å². The smallest absolute Gasteiger partial charge is 0.0110 e. The van der Waals surface area contributed by atoms with E-state index in [0.29, 0.717) is 5.41 Å². The molecule has 15 heavy (non-hydrogen) atoms. The second kappa shape index (κ2) is 13.0. The average Bonchev–Trinajstić information content (AvgIpc) is 2.31. The Kier molecular flexibility index (Phi) is 17.0. The molecule has 88 valence electrons. The van der Waals surface area contributed by atoms with Crippen molar-refractivity contribution in [2.24, 2.45) is 5.41 Å². The second-order valence-electron chi connectivity index (χ2n) is 3.48. The Balaban J connectivity index is -0.000000318. The quantitative estimate of drug-likeness (QED) is 0.440. The normalized spacial score (nSPS) is 11.1. The van der Waals surface area contributed by atoms with E-state index in [4.69, 9.17) is 0 Å². The molecule has 0 aliphatic carbocycles. The van der Waals surface area contributed by atoms with Crippen molar-refractivity contribution in [2.75, 3.05) is 0 Å². The van der Waals surface area contributed by atoms with Crippen LogP contribution >= 0.6 is 0 Å². The van der Waals surface area contributed by atoms with Gasteiger partial charge in [-0.05, 0) is 31.3 Å². The van der Waals surface area contributed by atoms with E-state index in [1.54, 1.807) is 0 Å². The van der Waals surface area contributed by atoms with Crippen molar-refractivity contribution in [1.82, 2.24) is 0 Å². The lowest BCUT2D eigenvalue weighted by Crippen LogP contribution is -2.11. The molecule has 0 aromatic heterocycles. The van der Waals surface area contributed by atoms with Crippen LogP contribution in [-0.2, 0) is 0 Å². The Morgan fingerprint density at radius 2 is 1.53 bits per heavy atom. The summed E-state index contributed by atoms with van der Waals surface area (Å²) >= 11 is 0. The average molecular weight is 208 g/mol. The molecule has 0 nitrogen and oxygen atoms in total. The molecule has 0 fully saturated rings. The molecule has 0 aromatic rings. The predicted octanol–water partition coefficient (Wildman–Crippen LogP) is 5.22. The predicted molar refractivity (Wildman–Crippen MR) is 73.9 cm³/mol. The molecule has 0 amide bonds. The molecule has 0 atom stereocenters. The zero-order valence-electron chi connectivity index (χ0n) is 11.6. The summed E-state index contributed by atoms with van der Waals surface area (Å²) in [5.74, 6) is 0. The molecule has 0 saturated carbocycles. The largest absolute Gasteiger partial charge is 0.124 e. The van der Waals surface area contributed by atoms with Gasteiger partial charge in [0.1, 0.15) is 0 Å². The third-order valence-corrected chi connectivity index (χ3v) is 2.32. The second-order valence-corrected chi connectivity index (χ2v) is 3.48. The van der Waals surface area contributed by atoms with E-state index in [0.717, 1.165) is 0 Å². The maximum absolute atomic E-state index is 4.00. The number of hydrogen-bond acceptors (Lipinski definition) is 0. The number of terminal acetylenes is 1. The van der Waals surface area contributed by atoms with Gasteiger partial charge in [0, 0.05) is 0 Å². The fraction of sp³-hybridized carbons (Fsp3) is 0.600. The molecule has 0 aliphatic rings. The molecule has 0 saturated heterocycles. The summed E-state index contributed by atoms with van der Waals surface area (Å²) in [6, 6.07) is 0. The summed E-state index contributed by atoms with van der Waals surface area (Å²) in [6.45, 7) is 15.0. The van der Waals surface area contributed by atoms with Crippen molar-refractivity contribution >= 4 is 0 Å². The molecule has 0 aliphatic heterocycles. The van der Waals surface area contributed by atoms with Crippen LogP contribution in [0.5, 0.6) is 0 Å². The first kappa shape index (κ1) is 19.6. The number of rotatable bonds is 3. The number of hydrogen-bond donors (Lipinski definition) is 0. The third-order valence-electron chi connectivity index (χ3n) is 2.32. The van der Waals surface area contributed by atoms with Crippen molar-refractivity contribution in [3.8, 4) is 12.8 Å². The highest BCUT2D eigenvalue weighted by Crippen LogP contribution is 2.30. The van der Waals surface area contributed by atoms with Crippen molar-refractivity contribution in [3.63, 3.8) is 0 Å². The summed E-state index contributed by atoms with van der Waals surface area (Å²) in [4.78, 5) is 0. The third kappa shape index (κ3) is 9.35. The summed E-state index contributed by atoms with van der Waals surface area (Å²) in [5, 5.41) is 0. The zero-order valence-corrected chi connectivity index (χ0v) is 11.6. The van der Waals surface area contributed by atoms with Crippen LogP contribution in [0.1, 0.15) is 54.9 Å². The van der Waals surface area contributed by atoms with Crippen LogP contribution in [0, 0.1) is 18.3 Å². The van der Waals surface area contributed by atoms with Gasteiger partial charge in [0.2, 0.25) is 0 Å². The van der Waals surface area contributed by atoms with Gasteiger partial charge in [-0.2, -0.15) is 0 Å². The summed E-state index contributed by atoms with van der Waals surface area (Å²) in [5.41, 5.74) is 1.77. The van der Waals surface area contributed by atoms with Gasteiger partial charge in [0.05, 0.1) is 0 Å². The summed E-state index contributed by atoms with van der Waals surface area (Å²) in [7, 11) is 0. The van der Waals surface area contributed by atoms with Gasteiger partial charge in [-0.1, -0.05) is 52.8 Å². The van der Waals surface area contributed by atoms with Gasteiger partial charge in [0.25, 0.3) is 0 Å². The monoisotopic (exact) mass is 208 g/mol. The SMILES string of the molecule is C#C.C/C=C\C(=C/C)C(C)(C)CC.CC. The van der Waals surface area contributed by atoms with Crippen molar-refractivity contribution in [3.05, 3.63) is 23.8 Å². The van der Waals surface area contributed by atoms with Crippen LogP contribution in [0.2, 0.25) is 0 Å². The molecule has 0 aromatic carbocycles. The first-order valence-corrected chi connectivity index (χ1v) is 5.71. The van der Waals surface area contributed by atoms with Crippen molar-refractivity contribution < 1.29 is 0 Å². The van der Waals surface area contributed by atoms with Gasteiger partial charge in [-0.15, -0.1) is 12.8 Å². The number of allylic oxidation sites excluding steroid dienone is 4. The minimum absolute atomic E-state index is 0.335. The Morgan fingerprint density at radius 3 is 1.73 bits per heavy atom. The Labute approximate surface area is 97.5 Å². The van der Waals surface area contributed by atoms with Gasteiger partial charge >= 0.3 is 0 Å². The fourth-order valence-corrected chi connectivity index (χ4v) is 1.10. The molecule has 0 spiro atoms. The lowest BCUT2D eigenvalue weighted by atomic mass is 9.81. The zero-order chi connectivity index (χ0) is 12.9. The van der Waals surface area contributed by atoms with Crippen LogP contribution in [0.4, 0.5) is 0 Å². The lowest BCUT2D eigenvalue weighted by Gasteiger charge is -2.24. The highest BCUT2D eigenvalue weighted by molar-refractivity contribution is 5.24. The van der Waals surface area contributed by atoms with Gasteiger partial charge in [-0.3, -0.25) is 0 Å². The molecule has 0 heteroatoms. The highest BCUT2D eigenvalue weighted by Gasteiger charge is 2.17. The van der Waals surface area contributed by atoms with E-state index in [2.05, 4.69) is 65.7 Å². The molecule has 0 N–H and O–H groups in total. The fourth-order valence-electron chi connectivity index (χ4n) is 1.10. The van der Waals surface area contributed by atoms with E-state index >= 15 is 0 Å². The van der Waals surface area contributed by atoms with Gasteiger partial charge in [0.15, 0.2) is 0 Å². The van der Waals surface area contributed by atoms with E-state index in [-0.39, 0.29) is 0 Å². The topological polar surface area (TPSA) is 0 Å². The minimum Gasteiger partial charge on any atom is -0.124 e. The lowest BCUT2D eigenvalue weighted by molar-refractivity contribution is 0.439. The molecule has 0 heterocycles. The molecule has 0 rings (SSSR count). The molecular weight excluding hydrogens is 180 g/mol. The maximum atomic E-state index is 4.00. The van der Waals surface area contributed by atoms with Crippen LogP contribution in [0.25, 0.3) is 0 Å². The van der Waals surface area contributed by atoms with Crippen molar-refractivity contribution in [1.29, 1.82) is 0 Å². The molecular formula is C15H28. The van der Waals surface area contributed by atoms with E-state index in [1.807, 2.05) is 13.8 Å². The molecule has 0 bridgehead atoms. The Morgan fingerprint density at radius 1 is 1.13 bits per heavy atom. The first-order valence-electron chi connectivity index (χ1n) is 5.71. The van der Waals surface area contributed by atoms with Crippen LogP contribution in [0.15, 0.2) is 23.8 Å². The van der Waals surface area contributed by atoms with Crippen LogP contribution in [-0.4, -0.2) is 0 Å². The maximum Gasteiger partial charge on any atom is -0.0110 e. The van der Waals surface area contributed by atoms with E-state index < -0.39 is 0 Å². The van der Waals surface area contributed by atoms with Crippen LogP contribution < -0.4 is 0 Å². The van der Waals surface area contributed by atoms with E-state index in [9.17, 15) is 0 Å². The van der Waals surface area contributed by atoms with Crippen LogP contribution in [0.3, 0.4) is 0 Å². The Hall–Kier alpha value is -0.960. The Bertz CT molecular complexity index is 189. The highest BCUT2D eigenvalue weighted by atomic mass is 14.2. The van der Waals surface area contributed by atoms with Gasteiger partial charge < -0.3 is 0 Å². The van der Waals surface area contributed by atoms with Gasteiger partial charge in [-0.25, -0.2) is 0 Å². The standard InChI is InChI=1S/C11H20.C2H6.C2H2/c1-6-9-10(7-2)11(4,5)8-3;2*1-2/h6-7,9H,8H2,1-5H3;1-2H3;1-2H/b9-6-,10-7+;;. The summed E-state index contributed by atoms with van der Waals surface area (Å²) < 4.78 is 0. The molecule has 0 unspecified atom stereocenters. The van der Waals surface area contributed by atoms with E-state index in [1.165, 1.54) is 12.0 Å². The first-order chi connectivity index (χ1) is 7.08. The molecule has 0 radical (unpaired) electrons. The summed E-state index contributed by atoms with van der Waals surface area (Å²) in [6.07, 6.45) is 15.7. The minimum atomic E-state index is 0.335.